The van der Waals surface area contributed by atoms with Crippen molar-refractivity contribution in [1.82, 2.24) is 19.9 Å². The number of alkyl halides is 6. The molecule has 4 aromatic rings. The van der Waals surface area contributed by atoms with Crippen LogP contribution in [0.1, 0.15) is 43.1 Å². The van der Waals surface area contributed by atoms with Crippen LogP contribution >= 0.6 is 0 Å². The summed E-state index contributed by atoms with van der Waals surface area (Å²) in [4.78, 5) is 17.1. The second-order valence-electron chi connectivity index (χ2n) is 8.52. The largest absolute Gasteiger partial charge is 0.418 e. The maximum Gasteiger partial charge on any atom is 0.418 e. The number of halogens is 6. The molecule has 38 heavy (non-hydrogen) atoms. The number of nitrogens with one attached hydrogen (secondary N) is 1. The van der Waals surface area contributed by atoms with Gasteiger partial charge in [-0.3, -0.25) is 4.98 Å². The van der Waals surface area contributed by atoms with Gasteiger partial charge in [0.1, 0.15) is 18.1 Å². The summed E-state index contributed by atoms with van der Waals surface area (Å²) in [5.41, 5.74) is -0.632. The first-order valence-corrected chi connectivity index (χ1v) is 11.7. The first-order chi connectivity index (χ1) is 18.0. The maximum absolute atomic E-state index is 13.6. The Bertz CT molecular complexity index is 1410. The van der Waals surface area contributed by atoms with Crippen LogP contribution in [0.3, 0.4) is 0 Å². The van der Waals surface area contributed by atoms with Gasteiger partial charge in [-0.25, -0.2) is 15.0 Å². The molecule has 4 rings (SSSR count). The lowest BCUT2D eigenvalue weighted by atomic mass is 10.0. The van der Waals surface area contributed by atoms with E-state index in [-0.39, 0.29) is 40.8 Å². The van der Waals surface area contributed by atoms with E-state index in [2.05, 4.69) is 25.3 Å². The van der Waals surface area contributed by atoms with E-state index in [1.54, 1.807) is 0 Å². The third-order valence-electron chi connectivity index (χ3n) is 5.71. The first kappa shape index (κ1) is 27.2. The van der Waals surface area contributed by atoms with Crippen molar-refractivity contribution in [1.29, 1.82) is 0 Å². The molecule has 0 saturated carbocycles. The molecule has 1 N–H and O–H groups in total. The minimum absolute atomic E-state index is 0.0269. The Morgan fingerprint density at radius 2 is 1.66 bits per heavy atom. The van der Waals surface area contributed by atoms with Crippen LogP contribution in [0.25, 0.3) is 22.4 Å². The van der Waals surface area contributed by atoms with E-state index >= 15 is 0 Å². The van der Waals surface area contributed by atoms with Crippen LogP contribution in [0.4, 0.5) is 37.8 Å². The zero-order chi connectivity index (χ0) is 27.5. The van der Waals surface area contributed by atoms with E-state index in [0.29, 0.717) is 17.7 Å². The number of hydrogen-bond acceptors (Lipinski definition) is 6. The monoisotopic (exact) mass is 535 g/mol. The zero-order valence-electron chi connectivity index (χ0n) is 20.4. The van der Waals surface area contributed by atoms with Crippen molar-refractivity contribution in [2.45, 2.75) is 45.1 Å². The van der Waals surface area contributed by atoms with Crippen molar-refractivity contribution >= 4 is 22.5 Å². The molecular formula is C26H23F6N5O. The Labute approximate surface area is 214 Å². The molecule has 0 aliphatic rings. The van der Waals surface area contributed by atoms with Crippen LogP contribution in [-0.4, -0.2) is 32.7 Å². The average Bonchev–Trinajstić information content (AvgIpc) is 2.87. The van der Waals surface area contributed by atoms with Gasteiger partial charge in [0.25, 0.3) is 0 Å². The fourth-order valence-electron chi connectivity index (χ4n) is 3.67. The molecule has 0 amide bonds. The Balaban J connectivity index is 1.74. The van der Waals surface area contributed by atoms with E-state index in [0.717, 1.165) is 19.4 Å². The summed E-state index contributed by atoms with van der Waals surface area (Å²) >= 11 is 0. The van der Waals surface area contributed by atoms with E-state index in [9.17, 15) is 26.3 Å². The minimum Gasteiger partial charge on any atom is -0.373 e. The number of aromatic nitrogens is 4. The van der Waals surface area contributed by atoms with E-state index in [4.69, 9.17) is 4.74 Å². The molecule has 0 fully saturated rings. The molecule has 200 valence electrons. The van der Waals surface area contributed by atoms with Crippen LogP contribution < -0.4 is 5.32 Å². The molecule has 6 nitrogen and oxygen atoms in total. The lowest BCUT2D eigenvalue weighted by Crippen LogP contribution is -2.17. The highest BCUT2D eigenvalue weighted by Gasteiger charge is 2.37. The molecule has 12 heteroatoms. The van der Waals surface area contributed by atoms with E-state index in [1.165, 1.54) is 48.7 Å². The number of benzene rings is 1. The Morgan fingerprint density at radius 3 is 2.32 bits per heavy atom. The highest BCUT2D eigenvalue weighted by atomic mass is 19.4. The number of pyridine rings is 2. The Kier molecular flexibility index (Phi) is 7.81. The van der Waals surface area contributed by atoms with Gasteiger partial charge in [-0.2, -0.15) is 26.3 Å². The van der Waals surface area contributed by atoms with Gasteiger partial charge in [0.15, 0.2) is 11.5 Å². The second kappa shape index (κ2) is 10.9. The molecule has 1 unspecified atom stereocenters. The van der Waals surface area contributed by atoms with Crippen LogP contribution in [0, 0.1) is 0 Å². The van der Waals surface area contributed by atoms with Crippen molar-refractivity contribution < 1.29 is 31.1 Å². The number of hydrogen-bond donors (Lipinski definition) is 1. The number of nitrogens with zero attached hydrogens (tertiary/aromatic N) is 4. The van der Waals surface area contributed by atoms with Gasteiger partial charge < -0.3 is 10.1 Å². The fraction of sp³-hybridized carbons (Fsp3) is 0.308. The molecule has 1 aromatic carbocycles. The number of fused-ring (bicyclic) bond motifs is 1. The molecule has 0 spiro atoms. The van der Waals surface area contributed by atoms with Gasteiger partial charge in [-0.15, -0.1) is 0 Å². The summed E-state index contributed by atoms with van der Waals surface area (Å²) in [6.07, 6.45) is -7.00. The van der Waals surface area contributed by atoms with E-state index in [1.807, 2.05) is 6.92 Å². The van der Waals surface area contributed by atoms with Crippen molar-refractivity contribution in [3.8, 4) is 11.4 Å². The third-order valence-corrected chi connectivity index (χ3v) is 5.71. The zero-order valence-corrected chi connectivity index (χ0v) is 20.4. The van der Waals surface area contributed by atoms with Crippen molar-refractivity contribution in [2.24, 2.45) is 0 Å². The molecule has 0 saturated heterocycles. The fourth-order valence-corrected chi connectivity index (χ4v) is 3.67. The first-order valence-electron chi connectivity index (χ1n) is 11.7. The Hall–Kier alpha value is -3.80. The lowest BCUT2D eigenvalue weighted by molar-refractivity contribution is -0.146. The number of rotatable bonds is 8. The van der Waals surface area contributed by atoms with Gasteiger partial charge in [0, 0.05) is 18.5 Å². The summed E-state index contributed by atoms with van der Waals surface area (Å²) in [6, 6.07) is 10.7. The van der Waals surface area contributed by atoms with Gasteiger partial charge in [-0.05, 0) is 55.3 Å². The number of anilines is 2. The summed E-state index contributed by atoms with van der Waals surface area (Å²) in [5, 5.41) is 3.45. The number of ether oxygens (including phenoxy) is 1. The third kappa shape index (κ3) is 6.18. The lowest BCUT2D eigenvalue weighted by Gasteiger charge is -2.17. The maximum atomic E-state index is 13.6. The topological polar surface area (TPSA) is 72.8 Å². The molecule has 0 radical (unpaired) electrons. The summed E-state index contributed by atoms with van der Waals surface area (Å²) in [5.74, 6) is -1.12. The predicted octanol–water partition coefficient (Wildman–Crippen LogP) is 7.44. The van der Waals surface area contributed by atoms with Crippen molar-refractivity contribution in [3.05, 3.63) is 71.7 Å². The van der Waals surface area contributed by atoms with Gasteiger partial charge in [-0.1, -0.05) is 19.1 Å². The summed E-state index contributed by atoms with van der Waals surface area (Å²) in [7, 11) is 0. The Morgan fingerprint density at radius 1 is 0.921 bits per heavy atom. The smallest absolute Gasteiger partial charge is 0.373 e. The molecule has 3 heterocycles. The highest BCUT2D eigenvalue weighted by molar-refractivity contribution is 5.90. The molecule has 0 bridgehead atoms. The molecule has 0 aliphatic heterocycles. The van der Waals surface area contributed by atoms with Crippen LogP contribution in [0.5, 0.6) is 0 Å². The standard InChI is InChI=1S/C26H23F6N5O/c1-3-13-38-14-21-36-23(34-17-8-6-16(7-9-17)15(2)25(27,28)29)18-10-11-20(35-24(18)37-21)22-19(26(30,31)32)5-4-12-33-22/h4-12,15H,3,13-14H2,1-2H3,(H,34,35,36,37). The van der Waals surface area contributed by atoms with Crippen molar-refractivity contribution in [3.63, 3.8) is 0 Å². The quantitative estimate of drug-likeness (QED) is 0.187. The van der Waals surface area contributed by atoms with Crippen LogP contribution in [0.2, 0.25) is 0 Å². The molecule has 3 aromatic heterocycles. The van der Waals surface area contributed by atoms with Crippen LogP contribution in [0.15, 0.2) is 54.7 Å². The van der Waals surface area contributed by atoms with E-state index < -0.39 is 23.8 Å². The molecule has 1 atom stereocenters. The SMILES string of the molecule is CCCOCc1nc(Nc2ccc(C(C)C(F)(F)F)cc2)c2ccc(-c3ncccc3C(F)(F)F)nc2n1. The predicted molar refractivity (Wildman–Crippen MR) is 130 cm³/mol. The van der Waals surface area contributed by atoms with Crippen molar-refractivity contribution in [2.75, 3.05) is 11.9 Å². The molecular weight excluding hydrogens is 512 g/mol. The average molecular weight is 535 g/mol. The summed E-state index contributed by atoms with van der Waals surface area (Å²) < 4.78 is 85.4. The van der Waals surface area contributed by atoms with Crippen LogP contribution in [-0.2, 0) is 17.5 Å². The highest BCUT2D eigenvalue weighted by Crippen LogP contribution is 2.37. The summed E-state index contributed by atoms with van der Waals surface area (Å²) in [6.45, 7) is 3.48. The normalized spacial score (nSPS) is 13.1. The minimum atomic E-state index is -4.63. The second-order valence-corrected chi connectivity index (χ2v) is 8.52. The molecule has 0 aliphatic carbocycles. The van der Waals surface area contributed by atoms with Gasteiger partial charge >= 0.3 is 12.4 Å². The van der Waals surface area contributed by atoms with Gasteiger partial charge in [0.2, 0.25) is 0 Å². The van der Waals surface area contributed by atoms with Gasteiger partial charge in [0.05, 0.1) is 22.6 Å².